The molecule has 1 aliphatic rings. The molecule has 0 saturated heterocycles. The third kappa shape index (κ3) is 2.09. The molecule has 0 saturated carbocycles. The average Bonchev–Trinajstić information content (AvgIpc) is 2.37. The van der Waals surface area contributed by atoms with E-state index in [4.69, 9.17) is 14.2 Å². The lowest BCUT2D eigenvalue weighted by atomic mass is 9.94. The number of aromatic hydroxyl groups is 1. The number of ether oxygens (including phenoxy) is 3. The Morgan fingerprint density at radius 3 is 2.63 bits per heavy atom. The van der Waals surface area contributed by atoms with E-state index < -0.39 is 12.1 Å². The maximum atomic E-state index is 11.9. The highest BCUT2D eigenvalue weighted by atomic mass is 16.5. The number of rotatable bonds is 3. The summed E-state index contributed by atoms with van der Waals surface area (Å²) in [6.07, 6.45) is -0.704. The molecule has 1 aromatic rings. The van der Waals surface area contributed by atoms with Crippen molar-refractivity contribution in [3.05, 3.63) is 17.2 Å². The molecule has 19 heavy (non-hydrogen) atoms. The lowest BCUT2D eigenvalue weighted by Crippen LogP contribution is -2.33. The molecule has 6 heteroatoms. The summed E-state index contributed by atoms with van der Waals surface area (Å²) in [5.41, 5.74) is 0.450. The quantitative estimate of drug-likeness (QED) is 0.824. The van der Waals surface area contributed by atoms with E-state index in [1.54, 1.807) is 0 Å². The molecular weight excluding hydrogens is 252 g/mol. The molecule has 1 aliphatic heterocycles. The molecule has 2 rings (SSSR count). The molecule has 1 heterocycles. The summed E-state index contributed by atoms with van der Waals surface area (Å²) in [6.45, 7) is 1.34. The van der Waals surface area contributed by atoms with Crippen LogP contribution in [0.5, 0.6) is 17.2 Å². The van der Waals surface area contributed by atoms with Gasteiger partial charge in [0, 0.05) is 18.1 Å². The van der Waals surface area contributed by atoms with Crippen LogP contribution >= 0.6 is 0 Å². The lowest BCUT2D eigenvalue weighted by molar-refractivity contribution is -0.125. The summed E-state index contributed by atoms with van der Waals surface area (Å²) >= 11 is 0. The highest BCUT2D eigenvalue weighted by Crippen LogP contribution is 2.42. The van der Waals surface area contributed by atoms with Crippen molar-refractivity contribution in [2.45, 2.75) is 19.4 Å². The number of carbonyl (C=O) groups excluding carboxylic acids is 2. The molecule has 0 aliphatic carbocycles. The van der Waals surface area contributed by atoms with Gasteiger partial charge in [0.1, 0.15) is 11.3 Å². The summed E-state index contributed by atoms with van der Waals surface area (Å²) in [5.74, 6) is -0.614. The van der Waals surface area contributed by atoms with Crippen LogP contribution < -0.4 is 9.47 Å². The Kier molecular flexibility index (Phi) is 3.33. The van der Waals surface area contributed by atoms with Crippen molar-refractivity contribution >= 4 is 11.8 Å². The van der Waals surface area contributed by atoms with Crippen molar-refractivity contribution < 1.29 is 28.9 Å². The molecular formula is C13H14O6. The van der Waals surface area contributed by atoms with Gasteiger partial charge in [-0.1, -0.05) is 0 Å². The van der Waals surface area contributed by atoms with Gasteiger partial charge in [0.15, 0.2) is 23.4 Å². The topological polar surface area (TPSA) is 82.1 Å². The number of cyclic esters (lactones) is 1. The molecule has 1 N–H and O–H groups in total. The molecule has 0 bridgehead atoms. The van der Waals surface area contributed by atoms with Crippen molar-refractivity contribution in [2.75, 3.05) is 14.2 Å². The van der Waals surface area contributed by atoms with Gasteiger partial charge >= 0.3 is 5.97 Å². The van der Waals surface area contributed by atoms with Gasteiger partial charge in [-0.2, -0.15) is 0 Å². The number of benzene rings is 1. The van der Waals surface area contributed by atoms with E-state index in [2.05, 4.69) is 0 Å². The van der Waals surface area contributed by atoms with Gasteiger partial charge in [-0.15, -0.1) is 0 Å². The zero-order valence-corrected chi connectivity index (χ0v) is 10.9. The zero-order chi connectivity index (χ0) is 14.2. The Hall–Kier alpha value is -2.24. The van der Waals surface area contributed by atoms with Gasteiger partial charge in [-0.25, -0.2) is 4.79 Å². The number of carbonyl (C=O) groups is 2. The zero-order valence-electron chi connectivity index (χ0n) is 10.9. The van der Waals surface area contributed by atoms with Crippen molar-refractivity contribution in [3.8, 4) is 17.2 Å². The molecule has 1 atom stereocenters. The third-order valence-electron chi connectivity index (χ3n) is 3.04. The standard InChI is InChI=1S/C13H14O6/c1-6(14)9-4-7-11(13(16)19-9)8(15)5-10(17-2)12(7)18-3/h5,9,15H,4H2,1-3H3. The largest absolute Gasteiger partial charge is 0.507 e. The monoisotopic (exact) mass is 266 g/mol. The van der Waals surface area contributed by atoms with E-state index in [1.165, 1.54) is 27.2 Å². The molecule has 0 fully saturated rings. The average molecular weight is 266 g/mol. The molecule has 102 valence electrons. The summed E-state index contributed by atoms with van der Waals surface area (Å²) < 4.78 is 15.3. The SMILES string of the molecule is COc1cc(O)c2c(c1OC)CC(C(C)=O)OC2=O. The van der Waals surface area contributed by atoms with Crippen LogP contribution in [0.1, 0.15) is 22.8 Å². The summed E-state index contributed by atoms with van der Waals surface area (Å²) in [4.78, 5) is 23.2. The second-order valence-electron chi connectivity index (χ2n) is 4.19. The van der Waals surface area contributed by atoms with Crippen LogP contribution in [0.3, 0.4) is 0 Å². The minimum atomic E-state index is -0.861. The minimum Gasteiger partial charge on any atom is -0.507 e. The number of hydrogen-bond acceptors (Lipinski definition) is 6. The van der Waals surface area contributed by atoms with Crippen molar-refractivity contribution in [3.63, 3.8) is 0 Å². The van der Waals surface area contributed by atoms with Crippen LogP contribution in [0.25, 0.3) is 0 Å². The molecule has 0 aromatic heterocycles. The highest BCUT2D eigenvalue weighted by Gasteiger charge is 2.35. The van der Waals surface area contributed by atoms with Gasteiger partial charge in [-0.3, -0.25) is 4.79 Å². The molecule has 1 aromatic carbocycles. The number of phenolic OH excluding ortho intramolecular Hbond substituents is 1. The van der Waals surface area contributed by atoms with Gasteiger partial charge in [0.05, 0.1) is 14.2 Å². The second-order valence-corrected chi connectivity index (χ2v) is 4.19. The lowest BCUT2D eigenvalue weighted by Gasteiger charge is -2.25. The maximum absolute atomic E-state index is 11.9. The first-order chi connectivity index (χ1) is 8.99. The van der Waals surface area contributed by atoms with Gasteiger partial charge in [-0.05, 0) is 6.92 Å². The van der Waals surface area contributed by atoms with Crippen molar-refractivity contribution in [2.24, 2.45) is 0 Å². The smallest absolute Gasteiger partial charge is 0.343 e. The Balaban J connectivity index is 2.63. The van der Waals surface area contributed by atoms with Crippen LogP contribution in [0.2, 0.25) is 0 Å². The van der Waals surface area contributed by atoms with Crippen LogP contribution in [0.4, 0.5) is 0 Å². The van der Waals surface area contributed by atoms with E-state index >= 15 is 0 Å². The van der Waals surface area contributed by atoms with Gasteiger partial charge < -0.3 is 19.3 Å². The molecule has 0 amide bonds. The first-order valence-electron chi connectivity index (χ1n) is 5.67. The second kappa shape index (κ2) is 4.79. The normalized spacial score (nSPS) is 17.4. The number of esters is 1. The first kappa shape index (κ1) is 13.2. The number of ketones is 1. The fourth-order valence-electron chi connectivity index (χ4n) is 2.12. The molecule has 0 spiro atoms. The predicted octanol–water partition coefficient (Wildman–Crippen LogP) is 1.08. The fraction of sp³-hybridized carbons (Fsp3) is 0.385. The van der Waals surface area contributed by atoms with Gasteiger partial charge in [0.25, 0.3) is 0 Å². The number of methoxy groups -OCH3 is 2. The van der Waals surface area contributed by atoms with Crippen molar-refractivity contribution in [1.82, 2.24) is 0 Å². The van der Waals surface area contributed by atoms with Crippen LogP contribution in [-0.4, -0.2) is 37.2 Å². The van der Waals surface area contributed by atoms with Gasteiger partial charge in [0.2, 0.25) is 0 Å². The number of fused-ring (bicyclic) bond motifs is 1. The summed E-state index contributed by atoms with van der Waals surface area (Å²) in [5, 5.41) is 9.86. The highest BCUT2D eigenvalue weighted by molar-refractivity contribution is 5.99. The van der Waals surface area contributed by atoms with E-state index in [-0.39, 0.29) is 23.5 Å². The van der Waals surface area contributed by atoms with Crippen LogP contribution in [0, 0.1) is 0 Å². The molecule has 6 nitrogen and oxygen atoms in total. The maximum Gasteiger partial charge on any atom is 0.343 e. The molecule has 1 unspecified atom stereocenters. The predicted molar refractivity (Wildman–Crippen MR) is 64.8 cm³/mol. The third-order valence-corrected chi connectivity index (χ3v) is 3.04. The Labute approximate surface area is 109 Å². The van der Waals surface area contributed by atoms with E-state index in [1.807, 2.05) is 0 Å². The number of phenols is 1. The summed E-state index contributed by atoms with van der Waals surface area (Å²) in [7, 11) is 2.85. The Morgan fingerprint density at radius 1 is 1.42 bits per heavy atom. The summed E-state index contributed by atoms with van der Waals surface area (Å²) in [6, 6.07) is 1.28. The Morgan fingerprint density at radius 2 is 2.11 bits per heavy atom. The first-order valence-corrected chi connectivity index (χ1v) is 5.67. The molecule has 0 radical (unpaired) electrons. The van der Waals surface area contributed by atoms with Crippen LogP contribution in [-0.2, 0) is 16.0 Å². The minimum absolute atomic E-state index is 0.0233. The van der Waals surface area contributed by atoms with E-state index in [0.717, 1.165) is 0 Å². The van der Waals surface area contributed by atoms with Crippen LogP contribution in [0.15, 0.2) is 6.07 Å². The number of hydrogen-bond donors (Lipinski definition) is 1. The fourth-order valence-corrected chi connectivity index (χ4v) is 2.12. The van der Waals surface area contributed by atoms with Crippen molar-refractivity contribution in [1.29, 1.82) is 0 Å². The number of Topliss-reactive ketones (excluding diaryl/α,β-unsaturated/α-hetero) is 1. The Bertz CT molecular complexity index is 549. The van der Waals surface area contributed by atoms with E-state index in [9.17, 15) is 14.7 Å². The van der Waals surface area contributed by atoms with E-state index in [0.29, 0.717) is 17.1 Å².